The molecule has 0 aliphatic rings. The third-order valence-corrected chi connectivity index (χ3v) is 2.62. The molecule has 0 saturated carbocycles. The molecule has 0 radical (unpaired) electrons. The molecule has 0 aliphatic heterocycles. The summed E-state index contributed by atoms with van der Waals surface area (Å²) in [5.41, 5.74) is 3.11. The fraction of sp³-hybridized carbons (Fsp3) is 0.250. The Morgan fingerprint density at radius 2 is 2.00 bits per heavy atom. The number of nitrogens with zero attached hydrogens (tertiary/aromatic N) is 1. The van der Waals surface area contributed by atoms with Crippen LogP contribution in [0.2, 0.25) is 0 Å². The van der Waals surface area contributed by atoms with E-state index in [2.05, 4.69) is 15.9 Å². The molecule has 2 N–H and O–H groups in total. The van der Waals surface area contributed by atoms with E-state index in [4.69, 9.17) is 5.73 Å². The van der Waals surface area contributed by atoms with Crippen LogP contribution < -0.4 is 5.73 Å². The Bertz CT molecular complexity index is 434. The smallest absolute Gasteiger partial charge is 0.326 e. The average Bonchev–Trinajstić information content (AvgIpc) is 2.15. The summed E-state index contributed by atoms with van der Waals surface area (Å²) in [6.45, 7) is -0.137. The molecule has 8 heteroatoms. The van der Waals surface area contributed by atoms with Crippen LogP contribution in [-0.2, 0) is 12.7 Å². The van der Waals surface area contributed by atoms with Crippen LogP contribution in [-0.4, -0.2) is 4.92 Å². The van der Waals surface area contributed by atoms with E-state index in [1.165, 1.54) is 0 Å². The first kappa shape index (κ1) is 12.9. The summed E-state index contributed by atoms with van der Waals surface area (Å²) < 4.78 is 37.7. The Hall–Kier alpha value is -1.15. The lowest BCUT2D eigenvalue weighted by Gasteiger charge is -2.10. The van der Waals surface area contributed by atoms with Crippen LogP contribution in [0.25, 0.3) is 0 Å². The highest BCUT2D eigenvalue weighted by molar-refractivity contribution is 9.10. The molecule has 0 unspecified atom stereocenters. The molecule has 1 aromatic rings. The predicted octanol–water partition coefficient (Wildman–Crippen LogP) is 2.83. The van der Waals surface area contributed by atoms with Crippen LogP contribution in [0.3, 0.4) is 0 Å². The van der Waals surface area contributed by atoms with Gasteiger partial charge in [-0.1, -0.05) is 15.9 Å². The summed E-state index contributed by atoms with van der Waals surface area (Å²) in [6, 6.07) is 1.49. The van der Waals surface area contributed by atoms with Crippen molar-refractivity contribution >= 4 is 21.6 Å². The second-order valence-electron chi connectivity index (χ2n) is 2.92. The highest BCUT2D eigenvalue weighted by atomic mass is 79.9. The van der Waals surface area contributed by atoms with Gasteiger partial charge in [0.25, 0.3) is 5.69 Å². The van der Waals surface area contributed by atoms with Gasteiger partial charge in [0.05, 0.1) is 4.92 Å². The molecule has 0 bridgehead atoms. The van der Waals surface area contributed by atoms with Crippen LogP contribution in [0, 0.1) is 10.1 Å². The van der Waals surface area contributed by atoms with Gasteiger partial charge in [-0.15, -0.1) is 0 Å². The number of alkyl halides is 3. The van der Waals surface area contributed by atoms with E-state index in [-0.39, 0.29) is 16.6 Å². The van der Waals surface area contributed by atoms with Gasteiger partial charge in [0, 0.05) is 17.1 Å². The predicted molar refractivity (Wildman–Crippen MR) is 53.7 cm³/mol. The van der Waals surface area contributed by atoms with Gasteiger partial charge in [0.15, 0.2) is 0 Å². The summed E-state index contributed by atoms with van der Waals surface area (Å²) in [4.78, 5) is 9.40. The van der Waals surface area contributed by atoms with Crippen LogP contribution in [0.15, 0.2) is 16.6 Å². The van der Waals surface area contributed by atoms with Crippen LogP contribution in [0.4, 0.5) is 18.9 Å². The molecule has 16 heavy (non-hydrogen) atoms. The van der Waals surface area contributed by atoms with Crippen molar-refractivity contribution in [1.82, 2.24) is 0 Å². The SMILES string of the molecule is NCc1cc(C(F)(F)F)c([N+](=O)[O-])cc1Br. The van der Waals surface area contributed by atoms with E-state index in [9.17, 15) is 23.3 Å². The molecule has 1 rings (SSSR count). The van der Waals surface area contributed by atoms with Gasteiger partial charge in [0.2, 0.25) is 0 Å². The minimum Gasteiger partial charge on any atom is -0.326 e. The van der Waals surface area contributed by atoms with Gasteiger partial charge < -0.3 is 5.73 Å². The first-order valence-electron chi connectivity index (χ1n) is 4.01. The standard InChI is InChI=1S/C8H6BrF3N2O2/c9-6-2-7(14(15)16)5(8(10,11)12)1-4(6)3-13/h1-2H,3,13H2. The van der Waals surface area contributed by atoms with Crippen molar-refractivity contribution in [3.8, 4) is 0 Å². The summed E-state index contributed by atoms with van der Waals surface area (Å²) >= 11 is 2.92. The number of halogens is 4. The molecule has 0 atom stereocenters. The van der Waals surface area contributed by atoms with E-state index in [0.717, 1.165) is 6.07 Å². The maximum atomic E-state index is 12.5. The minimum atomic E-state index is -4.77. The number of nitrogens with two attached hydrogens (primary N) is 1. The Morgan fingerprint density at radius 1 is 1.44 bits per heavy atom. The molecule has 0 amide bonds. The first-order chi connectivity index (χ1) is 7.27. The lowest BCUT2D eigenvalue weighted by molar-refractivity contribution is -0.388. The molecular formula is C8H6BrF3N2O2. The number of nitro groups is 1. The largest absolute Gasteiger partial charge is 0.423 e. The quantitative estimate of drug-likeness (QED) is 0.674. The lowest BCUT2D eigenvalue weighted by Crippen LogP contribution is -2.11. The Kier molecular flexibility index (Phi) is 3.54. The molecule has 88 valence electrons. The number of hydrogen-bond acceptors (Lipinski definition) is 3. The maximum Gasteiger partial charge on any atom is 0.423 e. The van der Waals surface area contributed by atoms with Gasteiger partial charge in [-0.25, -0.2) is 0 Å². The lowest BCUT2D eigenvalue weighted by atomic mass is 10.1. The third kappa shape index (κ3) is 2.50. The number of nitro benzene ring substituents is 1. The summed E-state index contributed by atoms with van der Waals surface area (Å²) in [7, 11) is 0. The molecule has 0 saturated heterocycles. The zero-order chi connectivity index (χ0) is 12.5. The van der Waals surface area contributed by atoms with Crippen LogP contribution >= 0.6 is 15.9 Å². The fourth-order valence-corrected chi connectivity index (χ4v) is 1.64. The number of benzene rings is 1. The monoisotopic (exact) mass is 298 g/mol. The minimum absolute atomic E-state index is 0.137. The van der Waals surface area contributed by atoms with Crippen molar-refractivity contribution in [3.63, 3.8) is 0 Å². The first-order valence-corrected chi connectivity index (χ1v) is 4.80. The molecule has 0 fully saturated rings. The van der Waals surface area contributed by atoms with Crippen molar-refractivity contribution < 1.29 is 18.1 Å². The zero-order valence-electron chi connectivity index (χ0n) is 7.71. The average molecular weight is 299 g/mol. The Labute approximate surface area is 96.5 Å². The number of rotatable bonds is 2. The molecule has 0 spiro atoms. The second-order valence-corrected chi connectivity index (χ2v) is 3.77. The molecule has 0 heterocycles. The van der Waals surface area contributed by atoms with E-state index >= 15 is 0 Å². The van der Waals surface area contributed by atoms with E-state index in [1.54, 1.807) is 0 Å². The zero-order valence-corrected chi connectivity index (χ0v) is 9.30. The van der Waals surface area contributed by atoms with Crippen molar-refractivity contribution in [2.45, 2.75) is 12.7 Å². The normalized spacial score (nSPS) is 11.6. The van der Waals surface area contributed by atoms with E-state index < -0.39 is 22.4 Å². The summed E-state index contributed by atoms with van der Waals surface area (Å²) in [5, 5.41) is 10.5. The molecule has 4 nitrogen and oxygen atoms in total. The van der Waals surface area contributed by atoms with Crippen molar-refractivity contribution in [2.75, 3.05) is 0 Å². The van der Waals surface area contributed by atoms with Crippen molar-refractivity contribution in [1.29, 1.82) is 0 Å². The fourth-order valence-electron chi connectivity index (χ4n) is 1.14. The highest BCUT2D eigenvalue weighted by Crippen LogP contribution is 2.38. The Balaban J connectivity index is 3.49. The van der Waals surface area contributed by atoms with Gasteiger partial charge in [-0.05, 0) is 11.6 Å². The van der Waals surface area contributed by atoms with Crippen molar-refractivity contribution in [3.05, 3.63) is 37.8 Å². The molecular weight excluding hydrogens is 293 g/mol. The molecule has 0 aromatic heterocycles. The van der Waals surface area contributed by atoms with Crippen molar-refractivity contribution in [2.24, 2.45) is 5.73 Å². The Morgan fingerprint density at radius 3 is 2.38 bits per heavy atom. The molecule has 0 aliphatic carbocycles. The second kappa shape index (κ2) is 4.38. The van der Waals surface area contributed by atoms with Gasteiger partial charge >= 0.3 is 6.18 Å². The maximum absolute atomic E-state index is 12.5. The van der Waals surface area contributed by atoms with E-state index in [0.29, 0.717) is 6.07 Å². The number of hydrogen-bond donors (Lipinski definition) is 1. The van der Waals surface area contributed by atoms with Gasteiger partial charge in [-0.3, -0.25) is 10.1 Å². The molecule has 1 aromatic carbocycles. The highest BCUT2D eigenvalue weighted by Gasteiger charge is 2.38. The summed E-state index contributed by atoms with van der Waals surface area (Å²) in [6.07, 6.45) is -4.77. The van der Waals surface area contributed by atoms with E-state index in [1.807, 2.05) is 0 Å². The topological polar surface area (TPSA) is 69.2 Å². The summed E-state index contributed by atoms with van der Waals surface area (Å²) in [5.74, 6) is 0. The third-order valence-electron chi connectivity index (χ3n) is 1.89. The van der Waals surface area contributed by atoms with Crippen LogP contribution in [0.5, 0.6) is 0 Å². The van der Waals surface area contributed by atoms with Gasteiger partial charge in [-0.2, -0.15) is 13.2 Å². The van der Waals surface area contributed by atoms with Crippen LogP contribution in [0.1, 0.15) is 11.1 Å². The van der Waals surface area contributed by atoms with Gasteiger partial charge in [0.1, 0.15) is 5.56 Å².